The van der Waals surface area contributed by atoms with Gasteiger partial charge >= 0.3 is 5.97 Å². The van der Waals surface area contributed by atoms with Crippen molar-refractivity contribution < 1.29 is 19.7 Å². The number of ketones is 1. The van der Waals surface area contributed by atoms with Gasteiger partial charge in [-0.05, 0) is 25.2 Å². The molecule has 1 aliphatic carbocycles. The highest BCUT2D eigenvalue weighted by Gasteiger charge is 2.33. The van der Waals surface area contributed by atoms with Gasteiger partial charge in [0.1, 0.15) is 5.78 Å². The number of hydrogen-bond donors (Lipinski definition) is 1. The molecule has 1 N–H and O–H groups in total. The van der Waals surface area contributed by atoms with Gasteiger partial charge in [-0.25, -0.2) is 4.79 Å². The Bertz CT molecular complexity index is 270. The van der Waals surface area contributed by atoms with Gasteiger partial charge in [0.05, 0.1) is 6.42 Å². The van der Waals surface area contributed by atoms with Crippen molar-refractivity contribution in [2.45, 2.75) is 32.6 Å². The molecule has 4 heteroatoms. The molecule has 1 rings (SSSR count). The summed E-state index contributed by atoms with van der Waals surface area (Å²) in [6, 6.07) is 0. The summed E-state index contributed by atoms with van der Waals surface area (Å²) in [5.74, 6) is -0.221. The summed E-state index contributed by atoms with van der Waals surface area (Å²) in [6.07, 6.45) is 5.84. The number of allylic oxidation sites excluding steroid dienone is 2. The standard InChI is InChI=1S/C11H16O4/c1-2-3-4-8-5-10(12)6-9(8)7-11(13)15-14/h2-3,8-9,14H,4-7H2,1H3. The molecule has 1 aliphatic rings. The van der Waals surface area contributed by atoms with Crippen LogP contribution in [0.4, 0.5) is 0 Å². The van der Waals surface area contributed by atoms with Crippen LogP contribution in [0.2, 0.25) is 0 Å². The number of hydrogen-bond acceptors (Lipinski definition) is 4. The molecule has 1 fully saturated rings. The summed E-state index contributed by atoms with van der Waals surface area (Å²) >= 11 is 0. The lowest BCUT2D eigenvalue weighted by Gasteiger charge is -2.14. The molecule has 4 nitrogen and oxygen atoms in total. The Morgan fingerprint density at radius 1 is 1.53 bits per heavy atom. The Morgan fingerprint density at radius 3 is 2.80 bits per heavy atom. The molecule has 2 atom stereocenters. The van der Waals surface area contributed by atoms with Crippen molar-refractivity contribution in [1.82, 2.24) is 0 Å². The zero-order valence-electron chi connectivity index (χ0n) is 8.81. The summed E-state index contributed by atoms with van der Waals surface area (Å²) in [6.45, 7) is 1.92. The molecule has 1 saturated carbocycles. The van der Waals surface area contributed by atoms with Crippen molar-refractivity contribution in [3.63, 3.8) is 0 Å². The highest BCUT2D eigenvalue weighted by atomic mass is 17.1. The lowest BCUT2D eigenvalue weighted by atomic mass is 9.90. The van der Waals surface area contributed by atoms with Crippen LogP contribution in [0.15, 0.2) is 12.2 Å². The maximum atomic E-state index is 11.3. The molecule has 0 radical (unpaired) electrons. The number of rotatable bonds is 4. The van der Waals surface area contributed by atoms with E-state index in [0.717, 1.165) is 6.42 Å². The van der Waals surface area contributed by atoms with E-state index in [4.69, 9.17) is 5.26 Å². The highest BCUT2D eigenvalue weighted by Crippen LogP contribution is 2.34. The van der Waals surface area contributed by atoms with Crippen LogP contribution in [-0.4, -0.2) is 17.0 Å². The first kappa shape index (κ1) is 11.9. The van der Waals surface area contributed by atoms with E-state index in [1.165, 1.54) is 0 Å². The van der Waals surface area contributed by atoms with Gasteiger partial charge in [0.25, 0.3) is 0 Å². The monoisotopic (exact) mass is 212 g/mol. The molecule has 0 amide bonds. The van der Waals surface area contributed by atoms with Crippen molar-refractivity contribution in [1.29, 1.82) is 0 Å². The first-order valence-electron chi connectivity index (χ1n) is 5.14. The second kappa shape index (κ2) is 5.66. The summed E-state index contributed by atoms with van der Waals surface area (Å²) in [4.78, 5) is 25.8. The smallest absolute Gasteiger partial charge is 0.301 e. The van der Waals surface area contributed by atoms with E-state index < -0.39 is 5.97 Å². The average molecular weight is 212 g/mol. The van der Waals surface area contributed by atoms with E-state index in [0.29, 0.717) is 12.8 Å². The van der Waals surface area contributed by atoms with Crippen molar-refractivity contribution in [3.8, 4) is 0 Å². The van der Waals surface area contributed by atoms with Gasteiger partial charge in [0.15, 0.2) is 0 Å². The number of carbonyl (C=O) groups is 2. The van der Waals surface area contributed by atoms with Crippen LogP contribution < -0.4 is 0 Å². The Hall–Kier alpha value is -1.16. The Morgan fingerprint density at radius 2 is 2.20 bits per heavy atom. The fourth-order valence-corrected chi connectivity index (χ4v) is 2.08. The third-order valence-electron chi connectivity index (χ3n) is 2.85. The fourth-order valence-electron chi connectivity index (χ4n) is 2.08. The maximum Gasteiger partial charge on any atom is 0.342 e. The molecule has 0 heterocycles. The molecule has 0 aromatic heterocycles. The van der Waals surface area contributed by atoms with Crippen LogP contribution in [0, 0.1) is 11.8 Å². The topological polar surface area (TPSA) is 63.6 Å². The van der Waals surface area contributed by atoms with Crippen molar-refractivity contribution in [2.75, 3.05) is 0 Å². The number of carbonyl (C=O) groups excluding carboxylic acids is 2. The van der Waals surface area contributed by atoms with E-state index >= 15 is 0 Å². The second-order valence-corrected chi connectivity index (χ2v) is 3.94. The molecule has 0 spiro atoms. The SMILES string of the molecule is CC=CCC1CC(=O)CC1CC(=O)OO. The van der Waals surface area contributed by atoms with E-state index in [1.54, 1.807) is 0 Å². The largest absolute Gasteiger partial charge is 0.342 e. The molecule has 0 bridgehead atoms. The maximum absolute atomic E-state index is 11.3. The van der Waals surface area contributed by atoms with Crippen molar-refractivity contribution in [3.05, 3.63) is 12.2 Å². The Kier molecular flexibility index (Phi) is 4.49. The third-order valence-corrected chi connectivity index (χ3v) is 2.85. The summed E-state index contributed by atoms with van der Waals surface area (Å²) < 4.78 is 0. The van der Waals surface area contributed by atoms with Gasteiger partial charge in [0.2, 0.25) is 0 Å². The van der Waals surface area contributed by atoms with Crippen LogP contribution in [-0.2, 0) is 14.5 Å². The van der Waals surface area contributed by atoms with Crippen molar-refractivity contribution >= 4 is 11.8 Å². The zero-order valence-corrected chi connectivity index (χ0v) is 8.81. The van der Waals surface area contributed by atoms with E-state index in [2.05, 4.69) is 4.89 Å². The summed E-state index contributed by atoms with van der Waals surface area (Å²) in [7, 11) is 0. The quantitative estimate of drug-likeness (QED) is 0.439. The molecular weight excluding hydrogens is 196 g/mol. The molecule has 0 saturated heterocycles. The minimum atomic E-state index is -0.653. The average Bonchev–Trinajstić information content (AvgIpc) is 2.55. The Balaban J connectivity index is 2.52. The lowest BCUT2D eigenvalue weighted by Crippen LogP contribution is -2.14. The van der Waals surface area contributed by atoms with Gasteiger partial charge in [-0.2, -0.15) is 5.26 Å². The first-order chi connectivity index (χ1) is 7.17. The zero-order chi connectivity index (χ0) is 11.3. The minimum absolute atomic E-state index is 0.0216. The number of Topliss-reactive ketones (excluding diaryl/α,β-unsaturated/α-hetero) is 1. The minimum Gasteiger partial charge on any atom is -0.301 e. The summed E-state index contributed by atoms with van der Waals surface area (Å²) in [5, 5.41) is 8.17. The van der Waals surface area contributed by atoms with E-state index in [-0.39, 0.29) is 24.0 Å². The Labute approximate surface area is 88.9 Å². The van der Waals surface area contributed by atoms with Gasteiger partial charge in [0, 0.05) is 12.8 Å². The van der Waals surface area contributed by atoms with Crippen LogP contribution in [0.3, 0.4) is 0 Å². The molecule has 0 aromatic carbocycles. The predicted molar refractivity (Wildman–Crippen MR) is 54.0 cm³/mol. The van der Waals surface area contributed by atoms with Gasteiger partial charge < -0.3 is 4.89 Å². The van der Waals surface area contributed by atoms with Crippen LogP contribution >= 0.6 is 0 Å². The van der Waals surface area contributed by atoms with Gasteiger partial charge in [-0.3, -0.25) is 4.79 Å². The third kappa shape index (κ3) is 3.47. The molecule has 84 valence electrons. The second-order valence-electron chi connectivity index (χ2n) is 3.94. The molecular formula is C11H16O4. The molecule has 2 unspecified atom stereocenters. The molecule has 0 aliphatic heterocycles. The normalized spacial score (nSPS) is 26.1. The van der Waals surface area contributed by atoms with Crippen LogP contribution in [0.25, 0.3) is 0 Å². The van der Waals surface area contributed by atoms with Gasteiger partial charge in [-0.15, -0.1) is 0 Å². The fraction of sp³-hybridized carbons (Fsp3) is 0.636. The lowest BCUT2D eigenvalue weighted by molar-refractivity contribution is -0.235. The molecule has 0 aromatic rings. The highest BCUT2D eigenvalue weighted by molar-refractivity contribution is 5.82. The summed E-state index contributed by atoms with van der Waals surface area (Å²) in [5.41, 5.74) is 0. The van der Waals surface area contributed by atoms with E-state index in [1.807, 2.05) is 19.1 Å². The molecule has 15 heavy (non-hydrogen) atoms. The van der Waals surface area contributed by atoms with Crippen molar-refractivity contribution in [2.24, 2.45) is 11.8 Å². The van der Waals surface area contributed by atoms with Gasteiger partial charge in [-0.1, -0.05) is 12.2 Å². The van der Waals surface area contributed by atoms with Crippen LogP contribution in [0.1, 0.15) is 32.6 Å². The van der Waals surface area contributed by atoms with Crippen LogP contribution in [0.5, 0.6) is 0 Å². The predicted octanol–water partition coefficient (Wildman–Crippen LogP) is 1.95. The van der Waals surface area contributed by atoms with E-state index in [9.17, 15) is 9.59 Å². The first-order valence-corrected chi connectivity index (χ1v) is 5.14.